The predicted octanol–water partition coefficient (Wildman–Crippen LogP) is 5.48. The van der Waals surface area contributed by atoms with E-state index in [1.54, 1.807) is 12.3 Å². The Balaban J connectivity index is 1.58. The molecular weight excluding hydrogens is 443 g/mol. The number of aromatic nitrogens is 3. The summed E-state index contributed by atoms with van der Waals surface area (Å²) in [5.41, 5.74) is 1.90. The molecule has 6 nitrogen and oxygen atoms in total. The number of hydrogen-bond acceptors (Lipinski definition) is 5. The maximum Gasteiger partial charge on any atom is 0.230 e. The van der Waals surface area contributed by atoms with Gasteiger partial charge in [-0.05, 0) is 37.1 Å². The van der Waals surface area contributed by atoms with Crippen LogP contribution in [0.4, 0.5) is 0 Å². The van der Waals surface area contributed by atoms with Crippen LogP contribution in [0.1, 0.15) is 37.0 Å². The van der Waals surface area contributed by atoms with Crippen molar-refractivity contribution in [1.82, 2.24) is 20.1 Å². The first kappa shape index (κ1) is 22.7. The summed E-state index contributed by atoms with van der Waals surface area (Å²) in [7, 11) is 1.88. The largest absolute Gasteiger partial charge is 0.469 e. The molecule has 1 unspecified atom stereocenters. The van der Waals surface area contributed by atoms with Gasteiger partial charge in [-0.25, -0.2) is 0 Å². The molecule has 30 heavy (non-hydrogen) atoms. The van der Waals surface area contributed by atoms with Crippen molar-refractivity contribution in [3.63, 3.8) is 0 Å². The lowest BCUT2D eigenvalue weighted by Crippen LogP contribution is -2.30. The highest BCUT2D eigenvalue weighted by Gasteiger charge is 2.18. The van der Waals surface area contributed by atoms with E-state index >= 15 is 0 Å². The van der Waals surface area contributed by atoms with E-state index in [4.69, 9.17) is 27.6 Å². The maximum absolute atomic E-state index is 12.4. The van der Waals surface area contributed by atoms with Crippen molar-refractivity contribution in [2.75, 3.05) is 12.3 Å². The van der Waals surface area contributed by atoms with Crippen molar-refractivity contribution in [2.24, 2.45) is 7.05 Å². The summed E-state index contributed by atoms with van der Waals surface area (Å²) >= 11 is 13.7. The van der Waals surface area contributed by atoms with Crippen LogP contribution in [0.25, 0.3) is 11.4 Å². The molecule has 3 rings (SSSR count). The summed E-state index contributed by atoms with van der Waals surface area (Å²) < 4.78 is 7.20. The standard InChI is InChI=1S/C21H24Cl2N4O2S/c1-4-5-14(17-7-6-15(22)10-18(17)23)11-24-19(28)12-30-21-26-25-20(27(21)3)16-8-9-29-13(16)2/h6-10,14H,4-5,11-12H2,1-3H3,(H,24,28). The molecule has 0 aliphatic rings. The molecule has 0 saturated carbocycles. The molecule has 2 heterocycles. The lowest BCUT2D eigenvalue weighted by atomic mass is 9.94. The molecule has 1 atom stereocenters. The summed E-state index contributed by atoms with van der Waals surface area (Å²) in [6.07, 6.45) is 3.54. The van der Waals surface area contributed by atoms with Gasteiger partial charge in [0.15, 0.2) is 11.0 Å². The Hall–Kier alpha value is -1.96. The van der Waals surface area contributed by atoms with E-state index in [1.165, 1.54) is 11.8 Å². The number of halogens is 2. The first-order valence-electron chi connectivity index (χ1n) is 9.69. The Morgan fingerprint density at radius 3 is 2.77 bits per heavy atom. The molecule has 0 spiro atoms. The van der Waals surface area contributed by atoms with Crippen molar-refractivity contribution in [2.45, 2.75) is 37.8 Å². The number of aryl methyl sites for hydroxylation is 1. The third-order valence-electron chi connectivity index (χ3n) is 4.85. The highest BCUT2D eigenvalue weighted by Crippen LogP contribution is 2.30. The van der Waals surface area contributed by atoms with Crippen molar-refractivity contribution >= 4 is 40.9 Å². The number of thioether (sulfide) groups is 1. The molecule has 2 aromatic heterocycles. The van der Waals surface area contributed by atoms with Gasteiger partial charge in [0.05, 0.1) is 17.6 Å². The van der Waals surface area contributed by atoms with Crippen LogP contribution in [0.3, 0.4) is 0 Å². The first-order valence-corrected chi connectivity index (χ1v) is 11.4. The van der Waals surface area contributed by atoms with E-state index in [9.17, 15) is 4.79 Å². The van der Waals surface area contributed by atoms with Gasteiger partial charge in [-0.1, -0.05) is 54.4 Å². The summed E-state index contributed by atoms with van der Waals surface area (Å²) in [6, 6.07) is 7.36. The third kappa shape index (κ3) is 5.39. The third-order valence-corrected chi connectivity index (χ3v) is 6.43. The number of nitrogens with one attached hydrogen (secondary N) is 1. The van der Waals surface area contributed by atoms with Crippen molar-refractivity contribution in [1.29, 1.82) is 0 Å². The van der Waals surface area contributed by atoms with Crippen LogP contribution in [0.15, 0.2) is 40.1 Å². The van der Waals surface area contributed by atoms with Crippen LogP contribution in [-0.4, -0.2) is 33.0 Å². The predicted molar refractivity (Wildman–Crippen MR) is 121 cm³/mol. The van der Waals surface area contributed by atoms with Gasteiger partial charge in [0, 0.05) is 29.6 Å². The zero-order valence-corrected chi connectivity index (χ0v) is 19.4. The van der Waals surface area contributed by atoms with Gasteiger partial charge in [-0.15, -0.1) is 10.2 Å². The average Bonchev–Trinajstić information content (AvgIpc) is 3.29. The van der Waals surface area contributed by atoms with E-state index in [1.807, 2.05) is 36.7 Å². The van der Waals surface area contributed by atoms with Crippen LogP contribution >= 0.6 is 35.0 Å². The lowest BCUT2D eigenvalue weighted by Gasteiger charge is -2.19. The zero-order valence-electron chi connectivity index (χ0n) is 17.1. The Morgan fingerprint density at radius 2 is 2.10 bits per heavy atom. The molecule has 1 aromatic carbocycles. The van der Waals surface area contributed by atoms with E-state index in [-0.39, 0.29) is 17.6 Å². The fourth-order valence-corrected chi connectivity index (χ4v) is 4.56. The number of carbonyl (C=O) groups excluding carboxylic acids is 1. The minimum atomic E-state index is -0.0600. The Labute approximate surface area is 190 Å². The molecule has 0 fully saturated rings. The van der Waals surface area contributed by atoms with Gasteiger partial charge >= 0.3 is 0 Å². The number of benzene rings is 1. The Kier molecular flexibility index (Phi) is 7.86. The van der Waals surface area contributed by atoms with Crippen LogP contribution < -0.4 is 5.32 Å². The highest BCUT2D eigenvalue weighted by atomic mass is 35.5. The minimum Gasteiger partial charge on any atom is -0.469 e. The van der Waals surface area contributed by atoms with Gasteiger partial charge in [-0.3, -0.25) is 4.79 Å². The summed E-state index contributed by atoms with van der Waals surface area (Å²) in [4.78, 5) is 12.4. The summed E-state index contributed by atoms with van der Waals surface area (Å²) in [5, 5.41) is 13.4. The van der Waals surface area contributed by atoms with E-state index in [0.29, 0.717) is 27.6 Å². The van der Waals surface area contributed by atoms with Gasteiger partial charge in [-0.2, -0.15) is 0 Å². The Morgan fingerprint density at radius 1 is 1.30 bits per heavy atom. The molecule has 0 aliphatic heterocycles. The summed E-state index contributed by atoms with van der Waals surface area (Å²) in [5.74, 6) is 1.82. The average molecular weight is 467 g/mol. The normalized spacial score (nSPS) is 12.2. The fraction of sp³-hybridized carbons (Fsp3) is 0.381. The van der Waals surface area contributed by atoms with E-state index in [2.05, 4.69) is 22.4 Å². The topological polar surface area (TPSA) is 73.0 Å². The molecule has 0 aliphatic carbocycles. The Bertz CT molecular complexity index is 1020. The number of amides is 1. The van der Waals surface area contributed by atoms with Crippen LogP contribution in [-0.2, 0) is 11.8 Å². The molecule has 1 N–H and O–H groups in total. The second-order valence-corrected chi connectivity index (χ2v) is 8.79. The smallest absolute Gasteiger partial charge is 0.230 e. The molecule has 0 saturated heterocycles. The maximum atomic E-state index is 12.4. The second kappa shape index (κ2) is 10.4. The number of hydrogen-bond donors (Lipinski definition) is 1. The summed E-state index contributed by atoms with van der Waals surface area (Å²) in [6.45, 7) is 4.51. The monoisotopic (exact) mass is 466 g/mol. The molecule has 9 heteroatoms. The first-order chi connectivity index (χ1) is 14.4. The van der Waals surface area contributed by atoms with E-state index < -0.39 is 0 Å². The number of furan rings is 1. The van der Waals surface area contributed by atoms with Crippen LogP contribution in [0.5, 0.6) is 0 Å². The molecule has 3 aromatic rings. The van der Waals surface area contributed by atoms with Gasteiger partial charge < -0.3 is 14.3 Å². The van der Waals surface area contributed by atoms with Crippen molar-refractivity contribution in [3.8, 4) is 11.4 Å². The van der Waals surface area contributed by atoms with E-state index in [0.717, 1.165) is 29.7 Å². The molecule has 0 bridgehead atoms. The van der Waals surface area contributed by atoms with Crippen LogP contribution in [0, 0.1) is 6.92 Å². The number of rotatable bonds is 9. The fourth-order valence-electron chi connectivity index (χ4n) is 3.26. The molecule has 160 valence electrons. The number of nitrogens with zero attached hydrogens (tertiary/aromatic N) is 3. The van der Waals surface area contributed by atoms with Gasteiger partial charge in [0.1, 0.15) is 5.76 Å². The quantitative estimate of drug-likeness (QED) is 0.422. The number of carbonyl (C=O) groups is 1. The molecule has 1 amide bonds. The van der Waals surface area contributed by atoms with Crippen molar-refractivity contribution in [3.05, 3.63) is 51.9 Å². The minimum absolute atomic E-state index is 0.0600. The zero-order chi connectivity index (χ0) is 21.7. The second-order valence-electron chi connectivity index (χ2n) is 7.00. The van der Waals surface area contributed by atoms with Crippen molar-refractivity contribution < 1.29 is 9.21 Å². The highest BCUT2D eigenvalue weighted by molar-refractivity contribution is 7.99. The molecule has 0 radical (unpaired) electrons. The van der Waals surface area contributed by atoms with Gasteiger partial charge in [0.25, 0.3) is 0 Å². The SMILES string of the molecule is CCCC(CNC(=O)CSc1nnc(-c2ccoc2C)n1C)c1ccc(Cl)cc1Cl. The lowest BCUT2D eigenvalue weighted by molar-refractivity contribution is -0.118. The molecular formula is C21H24Cl2N4O2S. The van der Waals surface area contributed by atoms with Crippen LogP contribution in [0.2, 0.25) is 10.0 Å². The van der Waals surface area contributed by atoms with Gasteiger partial charge in [0.2, 0.25) is 5.91 Å².